The lowest BCUT2D eigenvalue weighted by atomic mass is 10.4. The van der Waals surface area contributed by atoms with Crippen LogP contribution in [0.25, 0.3) is 0 Å². The molecule has 1 aliphatic rings. The molecule has 1 aliphatic heterocycles. The normalized spacial score (nSPS) is 23.0. The summed E-state index contributed by atoms with van der Waals surface area (Å²) >= 11 is 0. The molecule has 1 radical (unpaired) electrons. The number of rotatable bonds is 1. The van der Waals surface area contributed by atoms with Crippen molar-refractivity contribution in [2.75, 3.05) is 0 Å². The van der Waals surface area contributed by atoms with E-state index in [1.165, 1.54) is 6.33 Å². The molecular weight excluding hydrogens is 132 g/mol. The molecule has 0 saturated heterocycles. The Morgan fingerprint density at radius 2 is 2.70 bits per heavy atom. The molecule has 5 nitrogen and oxygen atoms in total. The Bertz CT molecular complexity index is 222. The fraction of sp³-hybridized carbons (Fsp3) is 0.400. The highest BCUT2D eigenvalue weighted by atomic mass is 16.7. The second-order valence-corrected chi connectivity index (χ2v) is 1.89. The standard InChI is InChI=1S/C5H5N4O/c1-2-8-10-5(1)9-4-6-3-7-9/h3-5H,1H2. The maximum absolute atomic E-state index is 4.87. The molecular formula is C5H5N4O. The molecule has 0 N–H and O–H groups in total. The zero-order chi connectivity index (χ0) is 6.81. The Hall–Kier alpha value is -1.39. The Morgan fingerprint density at radius 1 is 1.70 bits per heavy atom. The highest BCUT2D eigenvalue weighted by Gasteiger charge is 2.15. The van der Waals surface area contributed by atoms with Crippen molar-refractivity contribution in [1.82, 2.24) is 14.8 Å². The third-order valence-corrected chi connectivity index (χ3v) is 1.24. The maximum Gasteiger partial charge on any atom is 0.226 e. The van der Waals surface area contributed by atoms with Gasteiger partial charge in [-0.1, -0.05) is 5.16 Å². The molecule has 1 aromatic rings. The van der Waals surface area contributed by atoms with Crippen LogP contribution in [0.1, 0.15) is 12.6 Å². The van der Waals surface area contributed by atoms with Crippen LogP contribution in [-0.4, -0.2) is 21.0 Å². The summed E-state index contributed by atoms with van der Waals surface area (Å²) in [6.45, 7) is 0. The van der Waals surface area contributed by atoms with E-state index in [1.54, 1.807) is 11.0 Å². The molecule has 2 heterocycles. The molecule has 0 aromatic carbocycles. The lowest BCUT2D eigenvalue weighted by molar-refractivity contribution is 0.0228. The molecule has 51 valence electrons. The molecule has 0 amide bonds. The summed E-state index contributed by atoms with van der Waals surface area (Å²) in [5, 5.41) is 7.36. The topological polar surface area (TPSA) is 52.3 Å². The van der Waals surface area contributed by atoms with E-state index in [4.69, 9.17) is 4.84 Å². The third kappa shape index (κ3) is 0.754. The molecule has 1 atom stereocenters. The predicted octanol–water partition coefficient (Wildman–Crippen LogP) is 0.0598. The minimum absolute atomic E-state index is 0.137. The van der Waals surface area contributed by atoms with Gasteiger partial charge in [0.2, 0.25) is 6.23 Å². The van der Waals surface area contributed by atoms with Crippen LogP contribution in [-0.2, 0) is 4.84 Å². The largest absolute Gasteiger partial charge is 0.368 e. The van der Waals surface area contributed by atoms with E-state index in [9.17, 15) is 0 Å². The van der Waals surface area contributed by atoms with Crippen LogP contribution in [0.2, 0.25) is 0 Å². The molecule has 0 fully saturated rings. The van der Waals surface area contributed by atoms with Gasteiger partial charge in [-0.25, -0.2) is 9.67 Å². The quantitative estimate of drug-likeness (QED) is 0.550. The van der Waals surface area contributed by atoms with Crippen molar-refractivity contribution in [3.63, 3.8) is 0 Å². The minimum atomic E-state index is -0.137. The van der Waals surface area contributed by atoms with Crippen LogP contribution in [0.5, 0.6) is 0 Å². The van der Waals surface area contributed by atoms with Gasteiger partial charge in [0.25, 0.3) is 0 Å². The average molecular weight is 137 g/mol. The average Bonchev–Trinajstić information content (AvgIpc) is 2.59. The SMILES string of the molecule is [C]1=NOC(n2cncn2)C1. The third-order valence-electron chi connectivity index (χ3n) is 1.24. The Labute approximate surface area is 57.3 Å². The first-order valence-electron chi connectivity index (χ1n) is 2.89. The van der Waals surface area contributed by atoms with Gasteiger partial charge in [0.1, 0.15) is 18.9 Å². The van der Waals surface area contributed by atoms with Gasteiger partial charge in [-0.15, -0.1) is 0 Å². The summed E-state index contributed by atoms with van der Waals surface area (Å²) in [4.78, 5) is 8.64. The molecule has 0 bridgehead atoms. The van der Waals surface area contributed by atoms with Gasteiger partial charge in [-0.2, -0.15) is 5.10 Å². The van der Waals surface area contributed by atoms with Gasteiger partial charge in [0.15, 0.2) is 0 Å². The van der Waals surface area contributed by atoms with Crippen molar-refractivity contribution in [3.05, 3.63) is 12.7 Å². The number of aromatic nitrogens is 3. The van der Waals surface area contributed by atoms with Crippen LogP contribution in [0, 0.1) is 0 Å². The first kappa shape index (κ1) is 5.40. The predicted molar refractivity (Wildman–Crippen MR) is 32.2 cm³/mol. The van der Waals surface area contributed by atoms with Crippen molar-refractivity contribution in [2.45, 2.75) is 12.6 Å². The summed E-state index contributed by atoms with van der Waals surface area (Å²) in [5.74, 6) is 0. The molecule has 5 heteroatoms. The number of hydrogen-bond donors (Lipinski definition) is 0. The smallest absolute Gasteiger partial charge is 0.226 e. The van der Waals surface area contributed by atoms with Crippen molar-refractivity contribution < 1.29 is 4.84 Å². The van der Waals surface area contributed by atoms with Crippen LogP contribution >= 0.6 is 0 Å². The molecule has 1 aromatic heterocycles. The van der Waals surface area contributed by atoms with Gasteiger partial charge in [-0.3, -0.25) is 0 Å². The van der Waals surface area contributed by atoms with Crippen LogP contribution in [0.3, 0.4) is 0 Å². The lowest BCUT2D eigenvalue weighted by Gasteiger charge is -2.05. The monoisotopic (exact) mass is 137 g/mol. The maximum atomic E-state index is 4.87. The van der Waals surface area contributed by atoms with Crippen molar-refractivity contribution >= 4 is 6.21 Å². The van der Waals surface area contributed by atoms with Crippen LogP contribution < -0.4 is 0 Å². The summed E-state index contributed by atoms with van der Waals surface area (Å²) < 4.78 is 1.60. The van der Waals surface area contributed by atoms with E-state index in [2.05, 4.69) is 21.5 Å². The molecule has 0 saturated carbocycles. The van der Waals surface area contributed by atoms with E-state index >= 15 is 0 Å². The Kier molecular flexibility index (Phi) is 1.13. The summed E-state index contributed by atoms with van der Waals surface area (Å²) in [5.41, 5.74) is 0. The van der Waals surface area contributed by atoms with Gasteiger partial charge in [-0.05, 0) is 0 Å². The van der Waals surface area contributed by atoms with Gasteiger partial charge < -0.3 is 4.84 Å². The zero-order valence-electron chi connectivity index (χ0n) is 5.14. The van der Waals surface area contributed by atoms with E-state index in [-0.39, 0.29) is 6.23 Å². The van der Waals surface area contributed by atoms with Gasteiger partial charge in [0, 0.05) is 0 Å². The summed E-state index contributed by atoms with van der Waals surface area (Å²) in [7, 11) is 0. The summed E-state index contributed by atoms with van der Waals surface area (Å²) in [6, 6.07) is 0. The van der Waals surface area contributed by atoms with E-state index in [1.807, 2.05) is 0 Å². The first-order chi connectivity index (χ1) is 4.97. The highest BCUT2D eigenvalue weighted by molar-refractivity contribution is 5.57. The second-order valence-electron chi connectivity index (χ2n) is 1.89. The molecule has 0 aliphatic carbocycles. The van der Waals surface area contributed by atoms with E-state index in [0.29, 0.717) is 6.42 Å². The summed E-state index contributed by atoms with van der Waals surface area (Å²) in [6.07, 6.45) is 6.23. The highest BCUT2D eigenvalue weighted by Crippen LogP contribution is 2.14. The zero-order valence-corrected chi connectivity index (χ0v) is 5.14. The Morgan fingerprint density at radius 3 is 3.30 bits per heavy atom. The second kappa shape index (κ2) is 2.09. The fourth-order valence-corrected chi connectivity index (χ4v) is 0.759. The molecule has 1 unspecified atom stereocenters. The Balaban J connectivity index is 2.14. The number of hydrogen-bond acceptors (Lipinski definition) is 4. The molecule has 2 rings (SSSR count). The van der Waals surface area contributed by atoms with Crippen LogP contribution in [0.15, 0.2) is 17.8 Å². The van der Waals surface area contributed by atoms with Crippen molar-refractivity contribution in [1.29, 1.82) is 0 Å². The van der Waals surface area contributed by atoms with Gasteiger partial charge in [0.05, 0.1) is 6.42 Å². The van der Waals surface area contributed by atoms with Crippen molar-refractivity contribution in [3.8, 4) is 0 Å². The van der Waals surface area contributed by atoms with Gasteiger partial charge >= 0.3 is 0 Å². The molecule has 0 spiro atoms. The molecule has 10 heavy (non-hydrogen) atoms. The van der Waals surface area contributed by atoms with Crippen LogP contribution in [0.4, 0.5) is 0 Å². The fourth-order valence-electron chi connectivity index (χ4n) is 0.759. The lowest BCUT2D eigenvalue weighted by Crippen LogP contribution is -2.07. The van der Waals surface area contributed by atoms with E-state index < -0.39 is 0 Å². The number of nitrogens with zero attached hydrogens (tertiary/aromatic N) is 4. The van der Waals surface area contributed by atoms with E-state index in [0.717, 1.165) is 0 Å². The minimum Gasteiger partial charge on any atom is -0.368 e. The van der Waals surface area contributed by atoms with Crippen molar-refractivity contribution in [2.24, 2.45) is 5.16 Å². The first-order valence-corrected chi connectivity index (χ1v) is 2.89.